The number of fused-ring (bicyclic) bond motifs is 6. The lowest BCUT2D eigenvalue weighted by atomic mass is 9.89. The summed E-state index contributed by atoms with van der Waals surface area (Å²) in [5, 5.41) is 13.8. The molecule has 1 aromatic carbocycles. The van der Waals surface area contributed by atoms with Gasteiger partial charge in [0.05, 0.1) is 11.1 Å². The summed E-state index contributed by atoms with van der Waals surface area (Å²) in [6.07, 6.45) is 4.13. The van der Waals surface area contributed by atoms with Crippen LogP contribution in [0.2, 0.25) is 0 Å². The second kappa shape index (κ2) is 8.74. The van der Waals surface area contributed by atoms with Gasteiger partial charge in [0.1, 0.15) is 23.9 Å². The van der Waals surface area contributed by atoms with E-state index in [2.05, 4.69) is 29.4 Å². The number of thiophene rings is 1. The van der Waals surface area contributed by atoms with E-state index in [0.29, 0.717) is 41.5 Å². The van der Waals surface area contributed by atoms with Crippen LogP contribution in [0.25, 0.3) is 15.9 Å². The van der Waals surface area contributed by atoms with Crippen LogP contribution < -0.4 is 14.8 Å². The SMILES string of the molecule is CCc1nc2sc3c(c2c2nnc(SCC(=O)Nc4ccc5c(c4)OCCO5)n12)CC[C@@H](C)C3. The molecule has 0 radical (unpaired) electrons. The third-order valence-corrected chi connectivity index (χ3v) is 8.39. The van der Waals surface area contributed by atoms with Crippen LogP contribution in [0.3, 0.4) is 0 Å². The van der Waals surface area contributed by atoms with Crippen LogP contribution in [0.15, 0.2) is 23.4 Å². The van der Waals surface area contributed by atoms with Gasteiger partial charge in [-0.1, -0.05) is 25.6 Å². The Hall–Kier alpha value is -2.85. The number of hydrogen-bond acceptors (Lipinski definition) is 8. The van der Waals surface area contributed by atoms with E-state index in [1.807, 2.05) is 16.5 Å². The summed E-state index contributed by atoms with van der Waals surface area (Å²) in [5.41, 5.74) is 2.93. The van der Waals surface area contributed by atoms with E-state index in [4.69, 9.17) is 14.5 Å². The summed E-state index contributed by atoms with van der Waals surface area (Å²) in [6.45, 7) is 5.45. The Labute approximate surface area is 205 Å². The molecular weight excluding hydrogens is 470 g/mol. The van der Waals surface area contributed by atoms with Crippen molar-refractivity contribution in [2.75, 3.05) is 24.3 Å². The maximum Gasteiger partial charge on any atom is 0.234 e. The van der Waals surface area contributed by atoms with E-state index >= 15 is 0 Å². The lowest BCUT2D eigenvalue weighted by Gasteiger charge is -2.19. The second-order valence-corrected chi connectivity index (χ2v) is 10.8. The van der Waals surface area contributed by atoms with Gasteiger partial charge in [-0.3, -0.25) is 9.20 Å². The molecule has 0 spiro atoms. The van der Waals surface area contributed by atoms with Crippen molar-refractivity contribution in [3.63, 3.8) is 0 Å². The first-order valence-electron chi connectivity index (χ1n) is 11.6. The molecule has 176 valence electrons. The fraction of sp³-hybridized carbons (Fsp3) is 0.417. The zero-order valence-corrected chi connectivity index (χ0v) is 20.7. The van der Waals surface area contributed by atoms with Gasteiger partial charge in [0.25, 0.3) is 0 Å². The molecule has 4 aromatic rings. The minimum Gasteiger partial charge on any atom is -0.486 e. The molecule has 1 N–H and O–H groups in total. The summed E-state index contributed by atoms with van der Waals surface area (Å²) in [4.78, 5) is 20.2. The van der Waals surface area contributed by atoms with Crippen LogP contribution in [0, 0.1) is 5.92 Å². The van der Waals surface area contributed by atoms with E-state index in [1.165, 1.54) is 28.6 Å². The molecule has 0 bridgehead atoms. The third-order valence-electron chi connectivity index (χ3n) is 6.31. The standard InChI is InChI=1S/C24H25N5O3S2/c1-3-19-26-23-21(15-6-4-13(2)10-18(15)34-23)22-27-28-24(29(19)22)33-12-20(30)25-14-5-7-16-17(11-14)32-9-8-31-16/h5,7,11,13H,3-4,6,8-10,12H2,1-2H3,(H,25,30)/t13-/m1/s1. The highest BCUT2D eigenvalue weighted by Crippen LogP contribution is 2.40. The van der Waals surface area contributed by atoms with Gasteiger partial charge in [0.15, 0.2) is 22.3 Å². The van der Waals surface area contributed by atoms with Crippen LogP contribution in [-0.4, -0.2) is 44.5 Å². The van der Waals surface area contributed by atoms with E-state index in [-0.39, 0.29) is 11.7 Å². The minimum atomic E-state index is -0.118. The van der Waals surface area contributed by atoms with Crippen molar-refractivity contribution < 1.29 is 14.3 Å². The first-order chi connectivity index (χ1) is 16.6. The average Bonchev–Trinajstić information content (AvgIpc) is 3.42. The lowest BCUT2D eigenvalue weighted by molar-refractivity contribution is -0.113. The van der Waals surface area contributed by atoms with Gasteiger partial charge in [0, 0.05) is 23.1 Å². The number of carbonyl (C=O) groups is 1. The van der Waals surface area contributed by atoms with E-state index in [1.54, 1.807) is 17.4 Å². The molecular formula is C24H25N5O3S2. The minimum absolute atomic E-state index is 0.118. The number of amides is 1. The van der Waals surface area contributed by atoms with Crippen LogP contribution >= 0.6 is 23.1 Å². The molecule has 0 unspecified atom stereocenters. The molecule has 1 atom stereocenters. The van der Waals surface area contributed by atoms with Crippen molar-refractivity contribution in [3.8, 4) is 11.5 Å². The van der Waals surface area contributed by atoms with E-state index in [9.17, 15) is 4.79 Å². The molecule has 34 heavy (non-hydrogen) atoms. The van der Waals surface area contributed by atoms with Crippen molar-refractivity contribution in [2.45, 2.75) is 44.7 Å². The van der Waals surface area contributed by atoms with Crippen molar-refractivity contribution >= 4 is 50.6 Å². The quantitative estimate of drug-likeness (QED) is 0.407. The Morgan fingerprint density at radius 1 is 1.26 bits per heavy atom. The molecule has 3 aromatic heterocycles. The molecule has 0 fully saturated rings. The van der Waals surface area contributed by atoms with Gasteiger partial charge >= 0.3 is 0 Å². The maximum absolute atomic E-state index is 12.7. The van der Waals surface area contributed by atoms with Crippen LogP contribution in [0.5, 0.6) is 11.5 Å². The smallest absolute Gasteiger partial charge is 0.234 e. The number of nitrogens with one attached hydrogen (secondary N) is 1. The first kappa shape index (κ1) is 21.7. The van der Waals surface area contributed by atoms with Gasteiger partial charge < -0.3 is 14.8 Å². The number of benzene rings is 1. The number of anilines is 1. The lowest BCUT2D eigenvalue weighted by Crippen LogP contribution is -2.17. The highest BCUT2D eigenvalue weighted by molar-refractivity contribution is 7.99. The largest absolute Gasteiger partial charge is 0.486 e. The Morgan fingerprint density at radius 2 is 2.12 bits per heavy atom. The molecule has 1 aliphatic carbocycles. The molecule has 2 aliphatic rings. The molecule has 1 aliphatic heterocycles. The normalized spacial score (nSPS) is 17.2. The zero-order chi connectivity index (χ0) is 23.2. The topological polar surface area (TPSA) is 90.6 Å². The van der Waals surface area contributed by atoms with E-state index < -0.39 is 0 Å². The van der Waals surface area contributed by atoms with Gasteiger partial charge in [-0.15, -0.1) is 21.5 Å². The number of thioether (sulfide) groups is 1. The first-order valence-corrected chi connectivity index (χ1v) is 13.4. The van der Waals surface area contributed by atoms with Crippen molar-refractivity contribution in [3.05, 3.63) is 34.5 Å². The number of aryl methyl sites for hydroxylation is 2. The number of ether oxygens (including phenoxy) is 2. The third kappa shape index (κ3) is 3.78. The summed E-state index contributed by atoms with van der Waals surface area (Å²) in [6, 6.07) is 5.43. The van der Waals surface area contributed by atoms with Gasteiger partial charge in [-0.05, 0) is 42.9 Å². The number of nitrogens with zero attached hydrogens (tertiary/aromatic N) is 4. The summed E-state index contributed by atoms with van der Waals surface area (Å²) in [5.74, 6) is 3.08. The monoisotopic (exact) mass is 495 g/mol. The zero-order valence-electron chi connectivity index (χ0n) is 19.1. The predicted octanol–water partition coefficient (Wildman–Crippen LogP) is 4.53. The number of carbonyl (C=O) groups excluding carboxylic acids is 1. The molecule has 10 heteroatoms. The predicted molar refractivity (Wildman–Crippen MR) is 134 cm³/mol. The number of rotatable bonds is 5. The van der Waals surface area contributed by atoms with Crippen LogP contribution in [-0.2, 0) is 24.1 Å². The second-order valence-electron chi connectivity index (χ2n) is 8.75. The van der Waals surface area contributed by atoms with E-state index in [0.717, 1.165) is 41.0 Å². The van der Waals surface area contributed by atoms with Crippen LogP contribution in [0.4, 0.5) is 5.69 Å². The summed E-state index contributed by atoms with van der Waals surface area (Å²) < 4.78 is 13.2. The summed E-state index contributed by atoms with van der Waals surface area (Å²) >= 11 is 3.18. The molecule has 6 rings (SSSR count). The van der Waals surface area contributed by atoms with Crippen molar-refractivity contribution in [1.29, 1.82) is 0 Å². The number of hydrogen-bond donors (Lipinski definition) is 1. The molecule has 1 amide bonds. The highest BCUT2D eigenvalue weighted by Gasteiger charge is 2.25. The van der Waals surface area contributed by atoms with Gasteiger partial charge in [0.2, 0.25) is 5.91 Å². The van der Waals surface area contributed by atoms with Gasteiger partial charge in [-0.2, -0.15) is 0 Å². The fourth-order valence-corrected chi connectivity index (χ4v) is 6.80. The van der Waals surface area contributed by atoms with Gasteiger partial charge in [-0.25, -0.2) is 4.98 Å². The molecule has 0 saturated heterocycles. The Bertz CT molecular complexity index is 1410. The Morgan fingerprint density at radius 3 is 2.97 bits per heavy atom. The Balaban J connectivity index is 1.25. The molecule has 4 heterocycles. The average molecular weight is 496 g/mol. The fourth-order valence-electron chi connectivity index (χ4n) is 4.66. The highest BCUT2D eigenvalue weighted by atomic mass is 32.2. The van der Waals surface area contributed by atoms with Crippen LogP contribution in [0.1, 0.15) is 36.5 Å². The number of aromatic nitrogens is 4. The molecule has 0 saturated carbocycles. The van der Waals surface area contributed by atoms with Crippen molar-refractivity contribution in [1.82, 2.24) is 19.6 Å². The maximum atomic E-state index is 12.7. The van der Waals surface area contributed by atoms with Crippen molar-refractivity contribution in [2.24, 2.45) is 5.92 Å². The molecule has 8 nitrogen and oxygen atoms in total. The Kier molecular flexibility index (Phi) is 5.57. The summed E-state index contributed by atoms with van der Waals surface area (Å²) in [7, 11) is 0.